The van der Waals surface area contributed by atoms with Crippen LogP contribution in [0.1, 0.15) is 34.1 Å². The second-order valence-electron chi connectivity index (χ2n) is 5.37. The van der Waals surface area contributed by atoms with Crippen LogP contribution in [0.15, 0.2) is 0 Å². The number of hydrogen-bond donors (Lipinski definition) is 1. The lowest BCUT2D eigenvalue weighted by Crippen LogP contribution is -2.51. The largest absolute Gasteiger partial charge is 0.343 e. The molecule has 0 spiro atoms. The summed E-state index contributed by atoms with van der Waals surface area (Å²) < 4.78 is 0. The summed E-state index contributed by atoms with van der Waals surface area (Å²) in [4.78, 5) is 16.5. The Morgan fingerprint density at radius 2 is 1.84 bits per heavy atom. The van der Waals surface area contributed by atoms with Crippen LogP contribution < -0.4 is 5.73 Å². The van der Waals surface area contributed by atoms with Crippen molar-refractivity contribution < 1.29 is 4.79 Å². The van der Waals surface area contributed by atoms with Crippen molar-refractivity contribution in [2.24, 2.45) is 5.73 Å². The summed E-state index contributed by atoms with van der Waals surface area (Å²) in [6, 6.07) is 0.193. The summed E-state index contributed by atoms with van der Waals surface area (Å²) in [7, 11) is 0. The third-order valence-corrected chi connectivity index (χ3v) is 4.99. The van der Waals surface area contributed by atoms with Gasteiger partial charge in [-0.1, -0.05) is 13.8 Å². The molecule has 2 N–H and O–H groups in total. The molecule has 1 amide bonds. The highest BCUT2D eigenvalue weighted by molar-refractivity contribution is 8.00. The van der Waals surface area contributed by atoms with Gasteiger partial charge in [-0.3, -0.25) is 9.69 Å². The molecule has 3 unspecified atom stereocenters. The van der Waals surface area contributed by atoms with Crippen molar-refractivity contribution in [1.29, 1.82) is 0 Å². The van der Waals surface area contributed by atoms with E-state index in [0.29, 0.717) is 23.5 Å². The first-order valence-electron chi connectivity index (χ1n) is 7.39. The van der Waals surface area contributed by atoms with Crippen molar-refractivity contribution in [3.05, 3.63) is 0 Å². The Kier molecular flexibility index (Phi) is 7.18. The van der Waals surface area contributed by atoms with Crippen molar-refractivity contribution in [1.82, 2.24) is 9.80 Å². The summed E-state index contributed by atoms with van der Waals surface area (Å²) >= 11 is 2.03. The van der Waals surface area contributed by atoms with E-state index in [-0.39, 0.29) is 11.9 Å². The molecule has 112 valence electrons. The Hall–Kier alpha value is -0.260. The van der Waals surface area contributed by atoms with Crippen LogP contribution in [-0.2, 0) is 4.79 Å². The molecule has 1 heterocycles. The SMILES string of the molecule is CCN(CC)C(=O)CC(CN)N1CC(C)SC(C)C1. The molecular formula is C14H29N3OS. The molecule has 0 aromatic carbocycles. The smallest absolute Gasteiger partial charge is 0.224 e. The minimum absolute atomic E-state index is 0.193. The van der Waals surface area contributed by atoms with Gasteiger partial charge >= 0.3 is 0 Å². The van der Waals surface area contributed by atoms with E-state index < -0.39 is 0 Å². The number of thioether (sulfide) groups is 1. The number of carbonyl (C=O) groups excluding carboxylic acids is 1. The predicted octanol–water partition coefficient (Wildman–Crippen LogP) is 1.40. The van der Waals surface area contributed by atoms with Crippen LogP contribution in [0.3, 0.4) is 0 Å². The minimum atomic E-state index is 0.193. The van der Waals surface area contributed by atoms with Gasteiger partial charge in [0.05, 0.1) is 0 Å². The van der Waals surface area contributed by atoms with Crippen LogP contribution in [0.2, 0.25) is 0 Å². The van der Waals surface area contributed by atoms with E-state index in [4.69, 9.17) is 5.73 Å². The summed E-state index contributed by atoms with van der Waals surface area (Å²) in [6.07, 6.45) is 0.558. The molecule has 0 aromatic rings. The third-order valence-electron chi connectivity index (χ3n) is 3.76. The van der Waals surface area contributed by atoms with Gasteiger partial charge in [-0.05, 0) is 13.8 Å². The van der Waals surface area contributed by atoms with Crippen LogP contribution in [0.4, 0.5) is 0 Å². The first-order valence-corrected chi connectivity index (χ1v) is 8.33. The van der Waals surface area contributed by atoms with Gasteiger partial charge < -0.3 is 10.6 Å². The van der Waals surface area contributed by atoms with Gasteiger partial charge in [0.1, 0.15) is 0 Å². The Balaban J connectivity index is 2.59. The maximum Gasteiger partial charge on any atom is 0.224 e. The number of carbonyl (C=O) groups is 1. The molecule has 1 saturated heterocycles. The topological polar surface area (TPSA) is 49.6 Å². The third kappa shape index (κ3) is 4.97. The Bertz CT molecular complexity index is 274. The van der Waals surface area contributed by atoms with Gasteiger partial charge in [0.2, 0.25) is 5.91 Å². The van der Waals surface area contributed by atoms with E-state index in [9.17, 15) is 4.79 Å². The Morgan fingerprint density at radius 1 is 1.32 bits per heavy atom. The Labute approximate surface area is 122 Å². The zero-order chi connectivity index (χ0) is 14.4. The van der Waals surface area contributed by atoms with E-state index in [1.165, 1.54) is 0 Å². The van der Waals surface area contributed by atoms with E-state index in [0.717, 1.165) is 26.2 Å². The molecule has 19 heavy (non-hydrogen) atoms. The number of amides is 1. The first kappa shape index (κ1) is 16.8. The number of hydrogen-bond acceptors (Lipinski definition) is 4. The Morgan fingerprint density at radius 3 is 2.26 bits per heavy atom. The van der Waals surface area contributed by atoms with E-state index >= 15 is 0 Å². The molecule has 5 heteroatoms. The summed E-state index contributed by atoms with van der Waals surface area (Å²) in [5, 5.41) is 1.25. The fraction of sp³-hybridized carbons (Fsp3) is 0.929. The van der Waals surface area contributed by atoms with Crippen LogP contribution >= 0.6 is 11.8 Å². The van der Waals surface area contributed by atoms with E-state index in [1.54, 1.807) is 0 Å². The lowest BCUT2D eigenvalue weighted by molar-refractivity contribution is -0.132. The molecule has 0 saturated carbocycles. The van der Waals surface area contributed by atoms with Crippen molar-refractivity contribution in [3.8, 4) is 0 Å². The van der Waals surface area contributed by atoms with E-state index in [2.05, 4.69) is 18.7 Å². The molecule has 1 aliphatic heterocycles. The van der Waals surface area contributed by atoms with Crippen LogP contribution in [0, 0.1) is 0 Å². The second-order valence-corrected chi connectivity index (χ2v) is 7.25. The van der Waals surface area contributed by atoms with Crippen LogP contribution in [-0.4, -0.2) is 65.0 Å². The maximum atomic E-state index is 12.2. The minimum Gasteiger partial charge on any atom is -0.343 e. The van der Waals surface area contributed by atoms with Crippen LogP contribution in [0.5, 0.6) is 0 Å². The van der Waals surface area contributed by atoms with Crippen molar-refractivity contribution in [2.75, 3.05) is 32.7 Å². The number of nitrogens with two attached hydrogens (primary N) is 1. The van der Waals surface area contributed by atoms with Gasteiger partial charge in [-0.2, -0.15) is 11.8 Å². The number of nitrogens with zero attached hydrogens (tertiary/aromatic N) is 2. The normalized spacial score (nSPS) is 26.2. The lowest BCUT2D eigenvalue weighted by Gasteiger charge is -2.39. The summed E-state index contributed by atoms with van der Waals surface area (Å²) in [5.41, 5.74) is 5.91. The molecule has 0 aromatic heterocycles. The van der Waals surface area contributed by atoms with Crippen molar-refractivity contribution in [3.63, 3.8) is 0 Å². The molecule has 1 aliphatic rings. The predicted molar refractivity (Wildman–Crippen MR) is 83.5 cm³/mol. The molecule has 1 rings (SSSR count). The fourth-order valence-electron chi connectivity index (χ4n) is 2.78. The molecule has 4 nitrogen and oxygen atoms in total. The van der Waals surface area contributed by atoms with Gasteiger partial charge in [0.25, 0.3) is 0 Å². The summed E-state index contributed by atoms with van der Waals surface area (Å²) in [5.74, 6) is 0.235. The maximum absolute atomic E-state index is 12.2. The van der Waals surface area contributed by atoms with Gasteiger partial charge in [0, 0.05) is 55.7 Å². The average Bonchev–Trinajstić information content (AvgIpc) is 2.36. The average molecular weight is 287 g/mol. The zero-order valence-electron chi connectivity index (χ0n) is 12.8. The molecule has 1 fully saturated rings. The molecule has 0 radical (unpaired) electrons. The lowest BCUT2D eigenvalue weighted by atomic mass is 10.1. The van der Waals surface area contributed by atoms with Crippen LogP contribution in [0.25, 0.3) is 0 Å². The highest BCUT2D eigenvalue weighted by Crippen LogP contribution is 2.26. The molecular weight excluding hydrogens is 258 g/mol. The monoisotopic (exact) mass is 287 g/mol. The van der Waals surface area contributed by atoms with Crippen molar-refractivity contribution in [2.45, 2.75) is 50.7 Å². The van der Waals surface area contributed by atoms with Gasteiger partial charge in [-0.15, -0.1) is 0 Å². The molecule has 3 atom stereocenters. The second kappa shape index (κ2) is 8.12. The first-order chi connectivity index (χ1) is 9.01. The standard InChI is InChI=1S/C14H29N3OS/c1-5-16(6-2)14(18)7-13(8-15)17-9-11(3)19-12(4)10-17/h11-13H,5-10,15H2,1-4H3. The highest BCUT2D eigenvalue weighted by Gasteiger charge is 2.29. The number of rotatable bonds is 6. The van der Waals surface area contributed by atoms with Crippen molar-refractivity contribution >= 4 is 17.7 Å². The molecule has 0 aliphatic carbocycles. The zero-order valence-corrected chi connectivity index (χ0v) is 13.6. The van der Waals surface area contributed by atoms with Gasteiger partial charge in [0.15, 0.2) is 0 Å². The fourth-order valence-corrected chi connectivity index (χ4v) is 4.13. The quantitative estimate of drug-likeness (QED) is 0.802. The highest BCUT2D eigenvalue weighted by atomic mass is 32.2. The summed E-state index contributed by atoms with van der Waals surface area (Å²) in [6.45, 7) is 12.8. The van der Waals surface area contributed by atoms with Gasteiger partial charge in [-0.25, -0.2) is 0 Å². The molecule has 0 bridgehead atoms. The van der Waals surface area contributed by atoms with E-state index in [1.807, 2.05) is 30.5 Å².